The molecule has 1 atom stereocenters. The normalized spacial score (nSPS) is 34.3. The SMILES string of the molecule is CC1(C)CCCC(I)C1. The van der Waals surface area contributed by atoms with Crippen molar-refractivity contribution in [2.75, 3.05) is 0 Å². The van der Waals surface area contributed by atoms with Crippen LogP contribution in [0.4, 0.5) is 0 Å². The first-order valence-corrected chi connectivity index (χ1v) is 4.99. The van der Waals surface area contributed by atoms with E-state index in [2.05, 4.69) is 36.4 Å². The lowest BCUT2D eigenvalue weighted by Crippen LogP contribution is -2.22. The van der Waals surface area contributed by atoms with Crippen LogP contribution in [0.2, 0.25) is 0 Å². The summed E-state index contributed by atoms with van der Waals surface area (Å²) < 4.78 is 0.950. The Balaban J connectivity index is 2.41. The van der Waals surface area contributed by atoms with Crippen molar-refractivity contribution in [3.05, 3.63) is 0 Å². The molecule has 0 aromatic rings. The van der Waals surface area contributed by atoms with Crippen LogP contribution in [0.15, 0.2) is 0 Å². The van der Waals surface area contributed by atoms with Gasteiger partial charge in [0.2, 0.25) is 0 Å². The van der Waals surface area contributed by atoms with Gasteiger partial charge in [0.25, 0.3) is 0 Å². The van der Waals surface area contributed by atoms with Crippen molar-refractivity contribution < 1.29 is 0 Å². The highest BCUT2D eigenvalue weighted by molar-refractivity contribution is 14.1. The summed E-state index contributed by atoms with van der Waals surface area (Å²) >= 11 is 2.58. The zero-order valence-electron chi connectivity index (χ0n) is 6.28. The van der Waals surface area contributed by atoms with E-state index < -0.39 is 0 Å². The standard InChI is InChI=1S/C8H15I/c1-8(2)5-3-4-7(9)6-8/h7H,3-6H2,1-2H3. The molecule has 1 fully saturated rings. The largest absolute Gasteiger partial charge is 0.0826 e. The van der Waals surface area contributed by atoms with Crippen LogP contribution in [0.1, 0.15) is 39.5 Å². The van der Waals surface area contributed by atoms with Crippen molar-refractivity contribution in [2.45, 2.75) is 43.5 Å². The van der Waals surface area contributed by atoms with Gasteiger partial charge in [-0.15, -0.1) is 0 Å². The van der Waals surface area contributed by atoms with Crippen LogP contribution in [0.25, 0.3) is 0 Å². The Bertz CT molecular complexity index is 96.7. The molecule has 0 saturated heterocycles. The van der Waals surface area contributed by atoms with Gasteiger partial charge in [0.15, 0.2) is 0 Å². The summed E-state index contributed by atoms with van der Waals surface area (Å²) in [4.78, 5) is 0. The van der Waals surface area contributed by atoms with Crippen LogP contribution >= 0.6 is 22.6 Å². The minimum Gasteiger partial charge on any atom is -0.0826 e. The van der Waals surface area contributed by atoms with Gasteiger partial charge < -0.3 is 0 Å². The van der Waals surface area contributed by atoms with E-state index in [1.807, 2.05) is 0 Å². The van der Waals surface area contributed by atoms with E-state index in [9.17, 15) is 0 Å². The van der Waals surface area contributed by atoms with Crippen LogP contribution in [-0.2, 0) is 0 Å². The molecule has 1 heteroatoms. The number of rotatable bonds is 0. The molecule has 9 heavy (non-hydrogen) atoms. The van der Waals surface area contributed by atoms with Gasteiger partial charge in [0.05, 0.1) is 0 Å². The second-order valence-corrected chi connectivity index (χ2v) is 5.62. The summed E-state index contributed by atoms with van der Waals surface area (Å²) in [5.41, 5.74) is 0.643. The maximum Gasteiger partial charge on any atom is 0.0115 e. The van der Waals surface area contributed by atoms with Crippen molar-refractivity contribution in [2.24, 2.45) is 5.41 Å². The molecule has 1 aliphatic carbocycles. The lowest BCUT2D eigenvalue weighted by atomic mass is 9.78. The molecule has 54 valence electrons. The van der Waals surface area contributed by atoms with Crippen molar-refractivity contribution in [1.29, 1.82) is 0 Å². The first-order valence-electron chi connectivity index (χ1n) is 3.74. The third kappa shape index (κ3) is 2.44. The molecule has 0 spiro atoms. The van der Waals surface area contributed by atoms with E-state index in [-0.39, 0.29) is 0 Å². The molecule has 0 bridgehead atoms. The Morgan fingerprint density at radius 3 is 2.44 bits per heavy atom. The molecule has 0 aliphatic heterocycles. The number of hydrogen-bond acceptors (Lipinski definition) is 0. The highest BCUT2D eigenvalue weighted by Gasteiger charge is 2.25. The second-order valence-electron chi connectivity index (χ2n) is 3.86. The molecule has 0 nitrogen and oxygen atoms in total. The summed E-state index contributed by atoms with van der Waals surface area (Å²) in [7, 11) is 0. The molecule has 1 rings (SSSR count). The highest BCUT2D eigenvalue weighted by atomic mass is 127. The van der Waals surface area contributed by atoms with Gasteiger partial charge in [0.1, 0.15) is 0 Å². The predicted octanol–water partition coefficient (Wildman–Crippen LogP) is 3.39. The Labute approximate surface area is 71.5 Å². The van der Waals surface area contributed by atoms with Crippen LogP contribution in [-0.4, -0.2) is 3.92 Å². The molecule has 0 N–H and O–H groups in total. The van der Waals surface area contributed by atoms with E-state index in [1.54, 1.807) is 0 Å². The van der Waals surface area contributed by atoms with Crippen molar-refractivity contribution in [3.8, 4) is 0 Å². The van der Waals surface area contributed by atoms with Crippen LogP contribution in [0, 0.1) is 5.41 Å². The third-order valence-electron chi connectivity index (χ3n) is 2.14. The van der Waals surface area contributed by atoms with Crippen molar-refractivity contribution in [3.63, 3.8) is 0 Å². The predicted molar refractivity (Wildman–Crippen MR) is 50.1 cm³/mol. The average Bonchev–Trinajstić information content (AvgIpc) is 1.60. The molecule has 0 amide bonds. The minimum atomic E-state index is 0.643. The zero-order valence-corrected chi connectivity index (χ0v) is 8.44. The topological polar surface area (TPSA) is 0 Å². The lowest BCUT2D eigenvalue weighted by molar-refractivity contribution is 0.256. The molecule has 1 aliphatic rings. The number of hydrogen-bond donors (Lipinski definition) is 0. The molecular formula is C8H15I. The maximum absolute atomic E-state index is 2.58. The van der Waals surface area contributed by atoms with Gasteiger partial charge in [-0.05, 0) is 24.7 Å². The molecule has 0 radical (unpaired) electrons. The average molecular weight is 238 g/mol. The molecule has 1 saturated carbocycles. The van der Waals surface area contributed by atoms with E-state index in [0.29, 0.717) is 5.41 Å². The van der Waals surface area contributed by atoms with Gasteiger partial charge in [-0.1, -0.05) is 42.9 Å². The number of alkyl halides is 1. The molecule has 0 aromatic heterocycles. The van der Waals surface area contributed by atoms with Gasteiger partial charge >= 0.3 is 0 Å². The molecule has 0 aromatic carbocycles. The van der Waals surface area contributed by atoms with Gasteiger partial charge in [0, 0.05) is 3.92 Å². The fourth-order valence-electron chi connectivity index (χ4n) is 1.61. The highest BCUT2D eigenvalue weighted by Crippen LogP contribution is 2.38. The fraction of sp³-hybridized carbons (Fsp3) is 1.00. The Morgan fingerprint density at radius 1 is 1.44 bits per heavy atom. The summed E-state index contributed by atoms with van der Waals surface area (Å²) in [6.45, 7) is 4.77. The quantitative estimate of drug-likeness (QED) is 0.448. The van der Waals surface area contributed by atoms with Crippen LogP contribution in [0.5, 0.6) is 0 Å². The number of halogens is 1. The zero-order chi connectivity index (χ0) is 6.91. The summed E-state index contributed by atoms with van der Waals surface area (Å²) in [6.07, 6.45) is 5.75. The van der Waals surface area contributed by atoms with Gasteiger partial charge in [-0.2, -0.15) is 0 Å². The van der Waals surface area contributed by atoms with Crippen LogP contribution in [0.3, 0.4) is 0 Å². The summed E-state index contributed by atoms with van der Waals surface area (Å²) in [5, 5.41) is 0. The van der Waals surface area contributed by atoms with E-state index in [1.165, 1.54) is 25.7 Å². The lowest BCUT2D eigenvalue weighted by Gasteiger charge is -2.32. The molecular weight excluding hydrogens is 223 g/mol. The maximum atomic E-state index is 2.58. The monoisotopic (exact) mass is 238 g/mol. The van der Waals surface area contributed by atoms with Crippen LogP contribution < -0.4 is 0 Å². The third-order valence-corrected chi connectivity index (χ3v) is 3.21. The smallest absolute Gasteiger partial charge is 0.0115 e. The Kier molecular flexibility index (Phi) is 2.41. The van der Waals surface area contributed by atoms with Crippen molar-refractivity contribution in [1.82, 2.24) is 0 Å². The molecule has 1 unspecified atom stereocenters. The Hall–Kier alpha value is 0.730. The van der Waals surface area contributed by atoms with Crippen molar-refractivity contribution >= 4 is 22.6 Å². The summed E-state index contributed by atoms with van der Waals surface area (Å²) in [5.74, 6) is 0. The summed E-state index contributed by atoms with van der Waals surface area (Å²) in [6, 6.07) is 0. The first kappa shape index (κ1) is 7.83. The fourth-order valence-corrected chi connectivity index (χ4v) is 3.24. The molecule has 0 heterocycles. The minimum absolute atomic E-state index is 0.643. The van der Waals surface area contributed by atoms with E-state index >= 15 is 0 Å². The first-order chi connectivity index (χ1) is 4.10. The van der Waals surface area contributed by atoms with E-state index in [0.717, 1.165) is 3.92 Å². The second kappa shape index (κ2) is 2.77. The Morgan fingerprint density at radius 2 is 2.11 bits per heavy atom. The van der Waals surface area contributed by atoms with Gasteiger partial charge in [-0.3, -0.25) is 0 Å². The van der Waals surface area contributed by atoms with Gasteiger partial charge in [-0.25, -0.2) is 0 Å². The van der Waals surface area contributed by atoms with E-state index in [4.69, 9.17) is 0 Å².